The molecule has 1 amide bonds. The van der Waals surface area contributed by atoms with Crippen molar-refractivity contribution in [2.75, 3.05) is 5.32 Å². The fraction of sp³-hybridized carbons (Fsp3) is 0.238. The first-order chi connectivity index (χ1) is 12.9. The summed E-state index contributed by atoms with van der Waals surface area (Å²) in [4.78, 5) is 12.6. The van der Waals surface area contributed by atoms with Crippen LogP contribution in [-0.2, 0) is 13.0 Å². The van der Waals surface area contributed by atoms with Gasteiger partial charge >= 0.3 is 0 Å². The average molecular weight is 386 g/mol. The van der Waals surface area contributed by atoms with Gasteiger partial charge < -0.3 is 5.32 Å². The van der Waals surface area contributed by atoms with Gasteiger partial charge in [0.25, 0.3) is 5.91 Å². The molecule has 0 unspecified atom stereocenters. The molecule has 0 fully saturated rings. The third-order valence-corrected chi connectivity index (χ3v) is 4.97. The van der Waals surface area contributed by atoms with Crippen molar-refractivity contribution in [3.63, 3.8) is 0 Å². The van der Waals surface area contributed by atoms with E-state index in [-0.39, 0.29) is 18.3 Å². The molecule has 0 aliphatic heterocycles. The van der Waals surface area contributed by atoms with Gasteiger partial charge in [0.15, 0.2) is 0 Å². The normalized spacial score (nSPS) is 10.9. The quantitative estimate of drug-likeness (QED) is 0.659. The minimum absolute atomic E-state index is 0.194. The molecule has 1 N–H and O–H groups in total. The zero-order valence-electron chi connectivity index (χ0n) is 15.5. The number of nitrogens with zero attached hydrogens (tertiary/aromatic N) is 2. The Balaban J connectivity index is 1.84. The van der Waals surface area contributed by atoms with E-state index in [1.165, 1.54) is 11.6 Å². The number of aromatic nitrogens is 2. The van der Waals surface area contributed by atoms with Gasteiger partial charge in [-0.3, -0.25) is 9.48 Å². The Hall–Kier alpha value is -2.66. The first-order valence-corrected chi connectivity index (χ1v) is 9.15. The second kappa shape index (κ2) is 7.92. The standard InChI is InChI=1S/C21H21ClFN3O/c1-4-15-8-10-16(11-9-15)21(27)24-20-13(2)25-26(14(20)3)12-17-18(22)6-5-7-19(17)23/h5-11H,4,12H2,1-3H3,(H,24,27). The van der Waals surface area contributed by atoms with Crippen LogP contribution in [0.3, 0.4) is 0 Å². The highest BCUT2D eigenvalue weighted by Crippen LogP contribution is 2.25. The smallest absolute Gasteiger partial charge is 0.255 e. The molecule has 27 heavy (non-hydrogen) atoms. The van der Waals surface area contributed by atoms with E-state index in [0.717, 1.165) is 12.1 Å². The lowest BCUT2D eigenvalue weighted by Crippen LogP contribution is -2.13. The number of hydrogen-bond donors (Lipinski definition) is 1. The van der Waals surface area contributed by atoms with Crippen molar-refractivity contribution >= 4 is 23.2 Å². The molecule has 3 aromatic rings. The highest BCUT2D eigenvalue weighted by molar-refractivity contribution is 6.31. The maximum atomic E-state index is 14.1. The second-order valence-electron chi connectivity index (χ2n) is 6.41. The number of amides is 1. The van der Waals surface area contributed by atoms with Crippen molar-refractivity contribution in [2.24, 2.45) is 0 Å². The summed E-state index contributed by atoms with van der Waals surface area (Å²) in [5, 5.41) is 7.71. The van der Waals surface area contributed by atoms with Gasteiger partial charge in [0, 0.05) is 16.1 Å². The Morgan fingerprint density at radius 3 is 2.52 bits per heavy atom. The van der Waals surface area contributed by atoms with Gasteiger partial charge in [-0.25, -0.2) is 4.39 Å². The lowest BCUT2D eigenvalue weighted by Gasteiger charge is -2.09. The number of hydrogen-bond acceptors (Lipinski definition) is 2. The summed E-state index contributed by atoms with van der Waals surface area (Å²) >= 11 is 6.12. The summed E-state index contributed by atoms with van der Waals surface area (Å²) in [6.07, 6.45) is 0.922. The predicted molar refractivity (Wildman–Crippen MR) is 106 cm³/mol. The van der Waals surface area contributed by atoms with E-state index in [9.17, 15) is 9.18 Å². The van der Waals surface area contributed by atoms with Crippen LogP contribution in [0.1, 0.15) is 39.8 Å². The van der Waals surface area contributed by atoms with Gasteiger partial charge in [-0.1, -0.05) is 36.7 Å². The number of aryl methyl sites for hydroxylation is 2. The molecule has 0 radical (unpaired) electrons. The zero-order chi connectivity index (χ0) is 19.6. The highest BCUT2D eigenvalue weighted by atomic mass is 35.5. The van der Waals surface area contributed by atoms with Crippen LogP contribution in [0.4, 0.5) is 10.1 Å². The molecular formula is C21H21ClFN3O. The van der Waals surface area contributed by atoms with Crippen molar-refractivity contribution in [3.8, 4) is 0 Å². The summed E-state index contributed by atoms with van der Waals surface area (Å²) in [5.74, 6) is -0.580. The molecule has 0 saturated heterocycles. The molecule has 0 spiro atoms. The topological polar surface area (TPSA) is 46.9 Å². The van der Waals surface area contributed by atoms with Gasteiger partial charge in [-0.2, -0.15) is 5.10 Å². The monoisotopic (exact) mass is 385 g/mol. The van der Waals surface area contributed by atoms with Crippen LogP contribution in [0.2, 0.25) is 5.02 Å². The van der Waals surface area contributed by atoms with Crippen molar-refractivity contribution in [3.05, 3.63) is 81.4 Å². The van der Waals surface area contributed by atoms with E-state index in [2.05, 4.69) is 17.3 Å². The minimum Gasteiger partial charge on any atom is -0.319 e. The fourth-order valence-electron chi connectivity index (χ4n) is 2.94. The summed E-state index contributed by atoms with van der Waals surface area (Å²) in [6, 6.07) is 12.1. The lowest BCUT2D eigenvalue weighted by molar-refractivity contribution is 0.102. The van der Waals surface area contributed by atoms with E-state index in [4.69, 9.17) is 11.6 Å². The van der Waals surface area contributed by atoms with Crippen molar-refractivity contribution in [1.82, 2.24) is 9.78 Å². The Morgan fingerprint density at radius 2 is 1.89 bits per heavy atom. The van der Waals surface area contributed by atoms with Crippen LogP contribution in [-0.4, -0.2) is 15.7 Å². The molecule has 2 aromatic carbocycles. The molecule has 0 bridgehead atoms. The molecule has 1 heterocycles. The number of nitrogens with one attached hydrogen (secondary N) is 1. The van der Waals surface area contributed by atoms with Crippen molar-refractivity contribution in [1.29, 1.82) is 0 Å². The summed E-state index contributed by atoms with van der Waals surface area (Å²) in [7, 11) is 0. The van der Waals surface area contributed by atoms with Gasteiger partial charge in [0.1, 0.15) is 5.82 Å². The molecule has 1 aromatic heterocycles. The molecule has 0 saturated carbocycles. The predicted octanol–water partition coefficient (Wildman–Crippen LogP) is 5.16. The Morgan fingerprint density at radius 1 is 1.19 bits per heavy atom. The van der Waals surface area contributed by atoms with Crippen LogP contribution in [0, 0.1) is 19.7 Å². The highest BCUT2D eigenvalue weighted by Gasteiger charge is 2.17. The number of carbonyl (C=O) groups excluding carboxylic acids is 1. The summed E-state index contributed by atoms with van der Waals surface area (Å²) in [5.41, 5.74) is 4.16. The first-order valence-electron chi connectivity index (χ1n) is 8.78. The van der Waals surface area contributed by atoms with Crippen LogP contribution in [0.5, 0.6) is 0 Å². The number of halogens is 2. The molecule has 0 aliphatic rings. The molecule has 4 nitrogen and oxygen atoms in total. The lowest BCUT2D eigenvalue weighted by atomic mass is 10.1. The van der Waals surface area contributed by atoms with E-state index in [0.29, 0.717) is 27.5 Å². The fourth-order valence-corrected chi connectivity index (χ4v) is 3.17. The SMILES string of the molecule is CCc1ccc(C(=O)Nc2c(C)nn(Cc3c(F)cccc3Cl)c2C)cc1. The van der Waals surface area contributed by atoms with Crippen LogP contribution < -0.4 is 5.32 Å². The van der Waals surface area contributed by atoms with E-state index < -0.39 is 0 Å². The molecule has 0 atom stereocenters. The molecular weight excluding hydrogens is 365 g/mol. The number of rotatable bonds is 5. The average Bonchev–Trinajstić information content (AvgIpc) is 2.92. The first kappa shape index (κ1) is 19.1. The second-order valence-corrected chi connectivity index (χ2v) is 6.82. The number of carbonyl (C=O) groups is 1. The molecule has 0 aliphatic carbocycles. The van der Waals surface area contributed by atoms with E-state index >= 15 is 0 Å². The van der Waals surface area contributed by atoms with Crippen LogP contribution >= 0.6 is 11.6 Å². The third kappa shape index (κ3) is 4.03. The van der Waals surface area contributed by atoms with Gasteiger partial charge in [0.05, 0.1) is 23.6 Å². The molecule has 6 heteroatoms. The van der Waals surface area contributed by atoms with E-state index in [1.807, 2.05) is 38.1 Å². The molecule has 3 rings (SSSR count). The zero-order valence-corrected chi connectivity index (χ0v) is 16.3. The van der Waals surface area contributed by atoms with Gasteiger partial charge in [-0.05, 0) is 50.1 Å². The summed E-state index contributed by atoms with van der Waals surface area (Å²) < 4.78 is 15.7. The van der Waals surface area contributed by atoms with Gasteiger partial charge in [0.2, 0.25) is 0 Å². The van der Waals surface area contributed by atoms with E-state index in [1.54, 1.807) is 16.8 Å². The van der Waals surface area contributed by atoms with Crippen molar-refractivity contribution < 1.29 is 9.18 Å². The van der Waals surface area contributed by atoms with Crippen LogP contribution in [0.25, 0.3) is 0 Å². The largest absolute Gasteiger partial charge is 0.319 e. The maximum Gasteiger partial charge on any atom is 0.255 e. The Labute approximate surface area is 163 Å². The van der Waals surface area contributed by atoms with Crippen LogP contribution in [0.15, 0.2) is 42.5 Å². The minimum atomic E-state index is -0.378. The summed E-state index contributed by atoms with van der Waals surface area (Å²) in [6.45, 7) is 5.91. The van der Waals surface area contributed by atoms with Crippen molar-refractivity contribution in [2.45, 2.75) is 33.7 Å². The third-order valence-electron chi connectivity index (χ3n) is 4.61. The Kier molecular flexibility index (Phi) is 5.61. The maximum absolute atomic E-state index is 14.1. The van der Waals surface area contributed by atoms with Gasteiger partial charge in [-0.15, -0.1) is 0 Å². The molecule has 140 valence electrons. The number of benzene rings is 2. The Bertz CT molecular complexity index is 960. The number of anilines is 1.